The molecule has 19 heavy (non-hydrogen) atoms. The summed E-state index contributed by atoms with van der Waals surface area (Å²) in [6.07, 6.45) is 4.09. The third-order valence-corrected chi connectivity index (χ3v) is 3.23. The Morgan fingerprint density at radius 1 is 0.947 bits per heavy atom. The van der Waals surface area contributed by atoms with Crippen molar-refractivity contribution in [1.82, 2.24) is 4.98 Å². The van der Waals surface area contributed by atoms with Crippen LogP contribution in [0.1, 0.15) is 5.56 Å². The lowest BCUT2D eigenvalue weighted by molar-refractivity contribution is 1.26. The molecule has 2 aromatic carbocycles. The van der Waals surface area contributed by atoms with Crippen molar-refractivity contribution in [3.8, 4) is 11.3 Å². The predicted molar refractivity (Wildman–Crippen MR) is 81.8 cm³/mol. The normalized spacial score (nSPS) is 11.4. The molecule has 3 N–H and O–H groups in total. The zero-order chi connectivity index (χ0) is 13.1. The Kier molecular flexibility index (Phi) is 3.17. The number of hydrogen-bond donors (Lipinski definition) is 2. The Balaban J connectivity index is 2.26. The summed E-state index contributed by atoms with van der Waals surface area (Å²) >= 11 is 0. The molecule has 0 saturated carbocycles. The SMILES string of the molecule is NCC=Cc1c(-c2ccccc2)[nH]c2ccccc12. The molecule has 1 aromatic heterocycles. The van der Waals surface area contributed by atoms with E-state index in [0.717, 1.165) is 11.2 Å². The van der Waals surface area contributed by atoms with Gasteiger partial charge in [-0.15, -0.1) is 0 Å². The van der Waals surface area contributed by atoms with Crippen LogP contribution in [0.4, 0.5) is 0 Å². The number of nitrogens with one attached hydrogen (secondary N) is 1. The minimum atomic E-state index is 0.549. The summed E-state index contributed by atoms with van der Waals surface area (Å²) in [6, 6.07) is 18.7. The lowest BCUT2D eigenvalue weighted by Gasteiger charge is -2.00. The fraction of sp³-hybridized carbons (Fsp3) is 0.0588. The van der Waals surface area contributed by atoms with E-state index < -0.39 is 0 Å². The molecule has 0 aliphatic rings. The summed E-state index contributed by atoms with van der Waals surface area (Å²) in [7, 11) is 0. The zero-order valence-electron chi connectivity index (χ0n) is 10.6. The highest BCUT2D eigenvalue weighted by Gasteiger charge is 2.09. The lowest BCUT2D eigenvalue weighted by atomic mass is 10.0. The van der Waals surface area contributed by atoms with Gasteiger partial charge in [0.25, 0.3) is 0 Å². The molecule has 0 spiro atoms. The van der Waals surface area contributed by atoms with Gasteiger partial charge in [-0.05, 0) is 11.6 Å². The molecule has 3 rings (SSSR count). The summed E-state index contributed by atoms with van der Waals surface area (Å²) in [6.45, 7) is 0.549. The second-order valence-corrected chi connectivity index (χ2v) is 4.46. The molecule has 0 aliphatic carbocycles. The van der Waals surface area contributed by atoms with Gasteiger partial charge in [0.1, 0.15) is 0 Å². The number of fused-ring (bicyclic) bond motifs is 1. The van der Waals surface area contributed by atoms with Crippen molar-refractivity contribution in [2.45, 2.75) is 0 Å². The number of aromatic nitrogens is 1. The van der Waals surface area contributed by atoms with Gasteiger partial charge in [-0.25, -0.2) is 0 Å². The first-order valence-corrected chi connectivity index (χ1v) is 6.43. The molecule has 0 aliphatic heterocycles. The van der Waals surface area contributed by atoms with Crippen LogP contribution in [0.2, 0.25) is 0 Å². The van der Waals surface area contributed by atoms with Gasteiger partial charge in [-0.1, -0.05) is 60.7 Å². The minimum absolute atomic E-state index is 0.549. The topological polar surface area (TPSA) is 41.8 Å². The van der Waals surface area contributed by atoms with Crippen molar-refractivity contribution in [3.05, 3.63) is 66.2 Å². The number of H-pyrrole nitrogens is 1. The average molecular weight is 248 g/mol. The molecular weight excluding hydrogens is 232 g/mol. The minimum Gasteiger partial charge on any atom is -0.354 e. The van der Waals surface area contributed by atoms with Gasteiger partial charge in [0.05, 0.1) is 5.69 Å². The average Bonchev–Trinajstić information content (AvgIpc) is 2.85. The summed E-state index contributed by atoms with van der Waals surface area (Å²) in [5.74, 6) is 0. The molecule has 0 amide bonds. The van der Waals surface area contributed by atoms with E-state index in [-0.39, 0.29) is 0 Å². The van der Waals surface area contributed by atoms with E-state index in [4.69, 9.17) is 5.73 Å². The number of hydrogen-bond acceptors (Lipinski definition) is 1. The van der Waals surface area contributed by atoms with Crippen molar-refractivity contribution in [2.24, 2.45) is 5.73 Å². The Hall–Kier alpha value is -2.32. The zero-order valence-corrected chi connectivity index (χ0v) is 10.6. The van der Waals surface area contributed by atoms with Gasteiger partial charge >= 0.3 is 0 Å². The highest BCUT2D eigenvalue weighted by molar-refractivity contribution is 5.96. The monoisotopic (exact) mass is 248 g/mol. The summed E-state index contributed by atoms with van der Waals surface area (Å²) in [5.41, 5.74) is 10.3. The first kappa shape index (κ1) is 11.8. The van der Waals surface area contributed by atoms with Crippen LogP contribution < -0.4 is 5.73 Å². The molecule has 0 radical (unpaired) electrons. The van der Waals surface area contributed by atoms with Crippen LogP contribution in [0.15, 0.2) is 60.7 Å². The maximum atomic E-state index is 5.58. The Morgan fingerprint density at radius 2 is 1.68 bits per heavy atom. The predicted octanol–water partition coefficient (Wildman–Crippen LogP) is 3.81. The van der Waals surface area contributed by atoms with E-state index in [1.165, 1.54) is 16.5 Å². The standard InChI is InChI=1S/C17H16N2/c18-12-6-10-15-14-9-4-5-11-16(14)19-17(15)13-7-2-1-3-8-13/h1-11,19H,12,18H2. The van der Waals surface area contributed by atoms with Crippen LogP contribution in [-0.2, 0) is 0 Å². The molecule has 0 bridgehead atoms. The number of aromatic amines is 1. The third kappa shape index (κ3) is 2.18. The largest absolute Gasteiger partial charge is 0.354 e. The molecular formula is C17H16N2. The van der Waals surface area contributed by atoms with Gasteiger partial charge in [-0.3, -0.25) is 0 Å². The van der Waals surface area contributed by atoms with Gasteiger partial charge in [0.15, 0.2) is 0 Å². The third-order valence-electron chi connectivity index (χ3n) is 3.23. The summed E-state index contributed by atoms with van der Waals surface area (Å²) < 4.78 is 0. The van der Waals surface area contributed by atoms with Crippen molar-refractivity contribution in [2.75, 3.05) is 6.54 Å². The maximum Gasteiger partial charge on any atom is 0.0538 e. The Morgan fingerprint density at radius 3 is 2.47 bits per heavy atom. The molecule has 0 unspecified atom stereocenters. The number of rotatable bonds is 3. The molecule has 2 nitrogen and oxygen atoms in total. The van der Waals surface area contributed by atoms with Crippen molar-refractivity contribution in [3.63, 3.8) is 0 Å². The molecule has 0 fully saturated rings. The van der Waals surface area contributed by atoms with Crippen LogP contribution in [0, 0.1) is 0 Å². The van der Waals surface area contributed by atoms with Crippen molar-refractivity contribution < 1.29 is 0 Å². The van der Waals surface area contributed by atoms with Gasteiger partial charge in [-0.2, -0.15) is 0 Å². The van der Waals surface area contributed by atoms with E-state index in [0.29, 0.717) is 6.54 Å². The lowest BCUT2D eigenvalue weighted by Crippen LogP contribution is -1.92. The van der Waals surface area contributed by atoms with Crippen molar-refractivity contribution >= 4 is 17.0 Å². The van der Waals surface area contributed by atoms with Gasteiger partial charge in [0.2, 0.25) is 0 Å². The Bertz CT molecular complexity index is 708. The van der Waals surface area contributed by atoms with Crippen LogP contribution >= 0.6 is 0 Å². The van der Waals surface area contributed by atoms with E-state index in [1.807, 2.05) is 18.2 Å². The van der Waals surface area contributed by atoms with E-state index >= 15 is 0 Å². The summed E-state index contributed by atoms with van der Waals surface area (Å²) in [5, 5.41) is 1.23. The summed E-state index contributed by atoms with van der Waals surface area (Å²) in [4.78, 5) is 3.50. The number of nitrogens with two attached hydrogens (primary N) is 1. The second kappa shape index (κ2) is 5.12. The second-order valence-electron chi connectivity index (χ2n) is 4.46. The fourth-order valence-electron chi connectivity index (χ4n) is 2.36. The highest BCUT2D eigenvalue weighted by Crippen LogP contribution is 2.31. The van der Waals surface area contributed by atoms with Gasteiger partial charge in [0, 0.05) is 23.0 Å². The van der Waals surface area contributed by atoms with E-state index in [2.05, 4.69) is 53.5 Å². The molecule has 94 valence electrons. The molecule has 0 saturated heterocycles. The van der Waals surface area contributed by atoms with Crippen LogP contribution in [0.3, 0.4) is 0 Å². The van der Waals surface area contributed by atoms with Crippen LogP contribution in [-0.4, -0.2) is 11.5 Å². The van der Waals surface area contributed by atoms with Crippen molar-refractivity contribution in [1.29, 1.82) is 0 Å². The molecule has 2 heteroatoms. The van der Waals surface area contributed by atoms with Crippen LogP contribution in [0.5, 0.6) is 0 Å². The smallest absolute Gasteiger partial charge is 0.0538 e. The van der Waals surface area contributed by atoms with E-state index in [1.54, 1.807) is 0 Å². The molecule has 1 heterocycles. The maximum absolute atomic E-state index is 5.58. The number of para-hydroxylation sites is 1. The number of benzene rings is 2. The molecule has 0 atom stereocenters. The van der Waals surface area contributed by atoms with E-state index in [9.17, 15) is 0 Å². The first-order chi connectivity index (χ1) is 9.40. The highest BCUT2D eigenvalue weighted by atomic mass is 14.7. The molecule has 3 aromatic rings. The van der Waals surface area contributed by atoms with Gasteiger partial charge < -0.3 is 10.7 Å². The Labute approximate surface area is 112 Å². The quantitative estimate of drug-likeness (QED) is 0.727. The van der Waals surface area contributed by atoms with Crippen LogP contribution in [0.25, 0.3) is 28.2 Å². The fourth-order valence-corrected chi connectivity index (χ4v) is 2.36. The first-order valence-electron chi connectivity index (χ1n) is 6.43.